The molecule has 2 fully saturated rings. The molecule has 3 aromatic carbocycles. The summed E-state index contributed by atoms with van der Waals surface area (Å²) in [4.78, 5) is 0. The molecule has 3 nitrogen and oxygen atoms in total. The van der Waals surface area contributed by atoms with Crippen LogP contribution in [0.25, 0.3) is 0 Å². The third-order valence-electron chi connectivity index (χ3n) is 7.79. The summed E-state index contributed by atoms with van der Waals surface area (Å²) in [5, 5.41) is 0. The van der Waals surface area contributed by atoms with Gasteiger partial charge in [0.25, 0.3) is 5.79 Å². The van der Waals surface area contributed by atoms with Crippen LogP contribution in [0.15, 0.2) is 66.7 Å². The Bertz CT molecular complexity index is 1090. The maximum Gasteiger partial charge on any atom is 0.288 e. The molecule has 0 radical (unpaired) electrons. The minimum absolute atomic E-state index is 0.222. The van der Waals surface area contributed by atoms with Gasteiger partial charge in [0.15, 0.2) is 5.60 Å². The number of benzene rings is 3. The van der Waals surface area contributed by atoms with Gasteiger partial charge in [-0.1, -0.05) is 73.9 Å². The lowest BCUT2D eigenvalue weighted by Crippen LogP contribution is -2.40. The Morgan fingerprint density at radius 1 is 0.647 bits per heavy atom. The SMILES string of the molecule is Cc1cccc(OC2(Oc3cccc(C)c3C)CC2(OC2CCCCC2)c2ccccc2)c1C. The van der Waals surface area contributed by atoms with Crippen LogP contribution in [0.3, 0.4) is 0 Å². The number of rotatable bonds is 7. The summed E-state index contributed by atoms with van der Waals surface area (Å²) in [6.07, 6.45) is 6.80. The minimum Gasteiger partial charge on any atom is -0.449 e. The van der Waals surface area contributed by atoms with Gasteiger partial charge < -0.3 is 14.2 Å². The second kappa shape index (κ2) is 9.11. The molecule has 0 bridgehead atoms. The molecular formula is C31H36O3. The molecule has 3 aromatic rings. The lowest BCUT2D eigenvalue weighted by molar-refractivity contribution is -0.148. The second-order valence-electron chi connectivity index (χ2n) is 10.1. The Hall–Kier alpha value is -2.78. The zero-order chi connectivity index (χ0) is 23.8. The van der Waals surface area contributed by atoms with Crippen molar-refractivity contribution in [1.82, 2.24) is 0 Å². The van der Waals surface area contributed by atoms with Crippen LogP contribution >= 0.6 is 0 Å². The zero-order valence-electron chi connectivity index (χ0n) is 20.9. The molecule has 2 aliphatic rings. The Kier molecular flexibility index (Phi) is 6.16. The van der Waals surface area contributed by atoms with Gasteiger partial charge in [-0.25, -0.2) is 0 Å². The summed E-state index contributed by atoms with van der Waals surface area (Å²) in [5.41, 5.74) is 5.16. The fourth-order valence-corrected chi connectivity index (χ4v) is 5.26. The highest BCUT2D eigenvalue weighted by atomic mass is 16.7. The second-order valence-corrected chi connectivity index (χ2v) is 10.1. The van der Waals surface area contributed by atoms with E-state index in [1.54, 1.807) is 0 Å². The largest absolute Gasteiger partial charge is 0.449 e. The molecule has 0 N–H and O–H groups in total. The average Bonchev–Trinajstić information content (AvgIpc) is 3.47. The van der Waals surface area contributed by atoms with Crippen molar-refractivity contribution >= 4 is 0 Å². The Morgan fingerprint density at radius 3 is 1.76 bits per heavy atom. The van der Waals surface area contributed by atoms with Crippen LogP contribution in [0.1, 0.15) is 66.3 Å². The summed E-state index contributed by atoms with van der Waals surface area (Å²) in [6.45, 7) is 8.47. The van der Waals surface area contributed by atoms with Crippen LogP contribution in [-0.4, -0.2) is 11.9 Å². The highest BCUT2D eigenvalue weighted by Gasteiger charge is 2.77. The summed E-state index contributed by atoms with van der Waals surface area (Å²) in [7, 11) is 0. The quantitative estimate of drug-likeness (QED) is 0.341. The van der Waals surface area contributed by atoms with Crippen molar-refractivity contribution in [2.45, 2.75) is 83.7 Å². The van der Waals surface area contributed by atoms with E-state index in [4.69, 9.17) is 14.2 Å². The third-order valence-corrected chi connectivity index (χ3v) is 7.79. The minimum atomic E-state index is -0.928. The lowest BCUT2D eigenvalue weighted by Gasteiger charge is -2.33. The fourth-order valence-electron chi connectivity index (χ4n) is 5.26. The van der Waals surface area contributed by atoms with E-state index >= 15 is 0 Å². The van der Waals surface area contributed by atoms with E-state index in [1.807, 2.05) is 12.1 Å². The van der Waals surface area contributed by atoms with Gasteiger partial charge in [-0.2, -0.15) is 0 Å². The highest BCUT2D eigenvalue weighted by Crippen LogP contribution is 2.62. The van der Waals surface area contributed by atoms with Gasteiger partial charge in [0.05, 0.1) is 12.5 Å². The first-order valence-electron chi connectivity index (χ1n) is 12.7. The third kappa shape index (κ3) is 4.11. The van der Waals surface area contributed by atoms with Crippen molar-refractivity contribution in [1.29, 1.82) is 0 Å². The summed E-state index contributed by atoms with van der Waals surface area (Å²) < 4.78 is 20.8. The molecule has 2 aliphatic carbocycles. The van der Waals surface area contributed by atoms with Crippen molar-refractivity contribution in [2.24, 2.45) is 0 Å². The number of ether oxygens (including phenoxy) is 3. The van der Waals surface area contributed by atoms with Crippen molar-refractivity contribution in [3.05, 3.63) is 94.5 Å². The first-order chi connectivity index (χ1) is 16.4. The molecule has 5 rings (SSSR count). The van der Waals surface area contributed by atoms with Crippen LogP contribution in [-0.2, 0) is 10.3 Å². The van der Waals surface area contributed by atoms with Crippen molar-refractivity contribution in [3.63, 3.8) is 0 Å². The average molecular weight is 457 g/mol. The number of hydrogen-bond donors (Lipinski definition) is 0. The van der Waals surface area contributed by atoms with E-state index < -0.39 is 11.4 Å². The van der Waals surface area contributed by atoms with Crippen LogP contribution in [0.5, 0.6) is 11.5 Å². The molecule has 0 saturated heterocycles. The van der Waals surface area contributed by atoms with Crippen molar-refractivity contribution in [2.75, 3.05) is 0 Å². The first-order valence-corrected chi connectivity index (χ1v) is 12.7. The van der Waals surface area contributed by atoms with E-state index in [0.717, 1.165) is 41.0 Å². The maximum absolute atomic E-state index is 7.03. The van der Waals surface area contributed by atoms with Gasteiger partial charge in [0, 0.05) is 0 Å². The standard InChI is InChI=1S/C31H36O3/c1-22-13-11-19-28(24(22)3)33-31(34-29-20-12-14-23(2)25(29)4)21-30(31,26-15-7-5-8-16-26)32-27-17-9-6-10-18-27/h5,7-8,11-16,19-20,27H,6,9-10,17-18,21H2,1-4H3. The lowest BCUT2D eigenvalue weighted by atomic mass is 9.97. The first kappa shape index (κ1) is 23.0. The summed E-state index contributed by atoms with van der Waals surface area (Å²) in [6, 6.07) is 23.0. The van der Waals surface area contributed by atoms with Gasteiger partial charge in [-0.3, -0.25) is 0 Å². The molecule has 34 heavy (non-hydrogen) atoms. The van der Waals surface area contributed by atoms with Crippen LogP contribution < -0.4 is 9.47 Å². The molecule has 1 unspecified atom stereocenters. The van der Waals surface area contributed by atoms with Gasteiger partial charge in [-0.05, 0) is 80.5 Å². The van der Waals surface area contributed by atoms with Crippen molar-refractivity contribution < 1.29 is 14.2 Å². The van der Waals surface area contributed by atoms with E-state index in [2.05, 4.69) is 82.3 Å². The predicted molar refractivity (Wildman–Crippen MR) is 137 cm³/mol. The number of hydrogen-bond acceptors (Lipinski definition) is 3. The fraction of sp³-hybridized carbons (Fsp3) is 0.419. The molecular weight excluding hydrogens is 420 g/mol. The van der Waals surface area contributed by atoms with E-state index in [0.29, 0.717) is 6.42 Å². The zero-order valence-corrected chi connectivity index (χ0v) is 20.9. The Morgan fingerprint density at radius 2 is 1.21 bits per heavy atom. The van der Waals surface area contributed by atoms with Crippen LogP contribution in [0, 0.1) is 27.7 Å². The smallest absolute Gasteiger partial charge is 0.288 e. The molecule has 1 atom stereocenters. The molecule has 0 aromatic heterocycles. The number of aryl methyl sites for hydroxylation is 2. The molecule has 0 aliphatic heterocycles. The van der Waals surface area contributed by atoms with E-state index in [9.17, 15) is 0 Å². The highest BCUT2D eigenvalue weighted by molar-refractivity contribution is 5.45. The normalized spacial score (nSPS) is 21.8. The summed E-state index contributed by atoms with van der Waals surface area (Å²) in [5.74, 6) is 0.786. The van der Waals surface area contributed by atoms with E-state index in [1.165, 1.54) is 30.4 Å². The topological polar surface area (TPSA) is 27.7 Å². The maximum atomic E-state index is 7.03. The molecule has 3 heteroatoms. The van der Waals surface area contributed by atoms with Gasteiger partial charge in [0.2, 0.25) is 0 Å². The predicted octanol–water partition coefficient (Wildman–Crippen LogP) is 7.72. The van der Waals surface area contributed by atoms with Crippen molar-refractivity contribution in [3.8, 4) is 11.5 Å². The van der Waals surface area contributed by atoms with Gasteiger partial charge in [-0.15, -0.1) is 0 Å². The Balaban J connectivity index is 1.60. The van der Waals surface area contributed by atoms with Crippen LogP contribution in [0.2, 0.25) is 0 Å². The Labute approximate surface area is 204 Å². The molecule has 0 heterocycles. The molecule has 178 valence electrons. The van der Waals surface area contributed by atoms with E-state index in [-0.39, 0.29) is 6.10 Å². The summed E-state index contributed by atoms with van der Waals surface area (Å²) >= 11 is 0. The van der Waals surface area contributed by atoms with Gasteiger partial charge >= 0.3 is 0 Å². The molecule has 0 spiro atoms. The molecule has 2 saturated carbocycles. The van der Waals surface area contributed by atoms with Crippen LogP contribution in [0.4, 0.5) is 0 Å². The van der Waals surface area contributed by atoms with Gasteiger partial charge in [0.1, 0.15) is 11.5 Å². The molecule has 0 amide bonds. The monoisotopic (exact) mass is 456 g/mol.